The van der Waals surface area contributed by atoms with Crippen LogP contribution >= 0.6 is 0 Å². The fraction of sp³-hybridized carbons (Fsp3) is 0.333. The Balaban J connectivity index is 2.08. The number of hydrogen-bond donors (Lipinski definition) is 1. The van der Waals surface area contributed by atoms with Crippen molar-refractivity contribution in [1.82, 2.24) is 20.3 Å². The normalized spacial score (nSPS) is 10.8. The lowest BCUT2D eigenvalue weighted by atomic mass is 10.2. The minimum Gasteiger partial charge on any atom is -0.383 e. The molecule has 0 saturated carbocycles. The van der Waals surface area contributed by atoms with E-state index in [9.17, 15) is 14.5 Å². The molecule has 0 radical (unpaired) electrons. The van der Waals surface area contributed by atoms with Crippen LogP contribution in [0.4, 0.5) is 10.1 Å². The van der Waals surface area contributed by atoms with Crippen LogP contribution in [0.2, 0.25) is 0 Å². The SMILES string of the molecule is COCCNCc1cn(-c2ccc([N+](=O)[O-])cc2F)nn1. The predicted octanol–water partition coefficient (Wildman–Crippen LogP) is 1.05. The number of halogens is 1. The van der Waals surface area contributed by atoms with Crippen LogP contribution in [-0.2, 0) is 11.3 Å². The van der Waals surface area contributed by atoms with Gasteiger partial charge in [-0.25, -0.2) is 9.07 Å². The lowest BCUT2D eigenvalue weighted by Gasteiger charge is -2.02. The number of nitro benzene ring substituents is 1. The van der Waals surface area contributed by atoms with Gasteiger partial charge in [-0.2, -0.15) is 0 Å². The minimum atomic E-state index is -0.729. The van der Waals surface area contributed by atoms with Crippen molar-refractivity contribution < 1.29 is 14.1 Å². The van der Waals surface area contributed by atoms with E-state index in [2.05, 4.69) is 15.6 Å². The molecule has 9 heteroatoms. The van der Waals surface area contributed by atoms with Gasteiger partial charge in [0.1, 0.15) is 5.69 Å². The average molecular weight is 295 g/mol. The smallest absolute Gasteiger partial charge is 0.272 e. The maximum absolute atomic E-state index is 13.8. The Morgan fingerprint density at radius 2 is 2.33 bits per heavy atom. The number of ether oxygens (including phenoxy) is 1. The van der Waals surface area contributed by atoms with E-state index in [4.69, 9.17) is 4.74 Å². The summed E-state index contributed by atoms with van der Waals surface area (Å²) < 4.78 is 20.0. The van der Waals surface area contributed by atoms with E-state index in [1.807, 2.05) is 0 Å². The van der Waals surface area contributed by atoms with Gasteiger partial charge in [0.2, 0.25) is 0 Å². The lowest BCUT2D eigenvalue weighted by molar-refractivity contribution is -0.385. The Morgan fingerprint density at radius 1 is 1.52 bits per heavy atom. The maximum atomic E-state index is 13.8. The highest BCUT2D eigenvalue weighted by molar-refractivity contribution is 5.41. The molecule has 0 aliphatic heterocycles. The molecule has 1 N–H and O–H groups in total. The molecule has 0 aliphatic carbocycles. The van der Waals surface area contributed by atoms with Crippen molar-refractivity contribution >= 4 is 5.69 Å². The molecule has 0 spiro atoms. The number of methoxy groups -OCH3 is 1. The zero-order valence-electron chi connectivity index (χ0n) is 11.3. The second-order valence-corrected chi connectivity index (χ2v) is 4.22. The second kappa shape index (κ2) is 6.86. The summed E-state index contributed by atoms with van der Waals surface area (Å²) in [4.78, 5) is 9.91. The number of non-ortho nitro benzene ring substituents is 1. The molecule has 0 amide bonds. The Bertz CT molecular complexity index is 631. The summed E-state index contributed by atoms with van der Waals surface area (Å²) in [5.74, 6) is -0.729. The van der Waals surface area contributed by atoms with Crippen LogP contribution in [0, 0.1) is 15.9 Å². The lowest BCUT2D eigenvalue weighted by Crippen LogP contribution is -2.18. The van der Waals surface area contributed by atoms with E-state index in [1.165, 1.54) is 16.8 Å². The molecule has 2 aromatic rings. The van der Waals surface area contributed by atoms with E-state index in [0.717, 1.165) is 6.07 Å². The molecule has 1 aromatic carbocycles. The van der Waals surface area contributed by atoms with Gasteiger partial charge in [-0.15, -0.1) is 5.10 Å². The van der Waals surface area contributed by atoms with Crippen LogP contribution in [0.25, 0.3) is 5.69 Å². The third-order valence-electron chi connectivity index (χ3n) is 2.72. The molecule has 0 unspecified atom stereocenters. The van der Waals surface area contributed by atoms with Crippen molar-refractivity contribution in [3.63, 3.8) is 0 Å². The molecule has 0 bridgehead atoms. The average Bonchev–Trinajstić information content (AvgIpc) is 2.92. The van der Waals surface area contributed by atoms with Gasteiger partial charge in [0.05, 0.1) is 29.5 Å². The fourth-order valence-electron chi connectivity index (χ4n) is 1.68. The van der Waals surface area contributed by atoms with Crippen molar-refractivity contribution in [2.24, 2.45) is 0 Å². The Kier molecular flexibility index (Phi) is 4.90. The quantitative estimate of drug-likeness (QED) is 0.466. The van der Waals surface area contributed by atoms with Gasteiger partial charge in [0.15, 0.2) is 5.82 Å². The first-order chi connectivity index (χ1) is 10.1. The number of rotatable bonds is 7. The molecule has 2 rings (SSSR count). The van der Waals surface area contributed by atoms with Crippen LogP contribution in [0.3, 0.4) is 0 Å². The van der Waals surface area contributed by atoms with E-state index < -0.39 is 10.7 Å². The van der Waals surface area contributed by atoms with Crippen LogP contribution in [0.1, 0.15) is 5.69 Å². The number of hydrogen-bond acceptors (Lipinski definition) is 6. The number of aromatic nitrogens is 3. The number of nitro groups is 1. The molecule has 0 atom stereocenters. The van der Waals surface area contributed by atoms with Crippen molar-refractivity contribution in [3.05, 3.63) is 46.0 Å². The van der Waals surface area contributed by atoms with E-state index >= 15 is 0 Å². The van der Waals surface area contributed by atoms with Gasteiger partial charge in [0, 0.05) is 26.3 Å². The van der Waals surface area contributed by atoms with Gasteiger partial charge < -0.3 is 10.1 Å². The molecule has 112 valence electrons. The monoisotopic (exact) mass is 295 g/mol. The van der Waals surface area contributed by atoms with E-state index in [1.54, 1.807) is 13.3 Å². The van der Waals surface area contributed by atoms with Crippen molar-refractivity contribution in [1.29, 1.82) is 0 Å². The summed E-state index contributed by atoms with van der Waals surface area (Å²) in [6.45, 7) is 1.71. The highest BCUT2D eigenvalue weighted by Crippen LogP contribution is 2.19. The standard InChI is InChI=1S/C12H14FN5O3/c1-21-5-4-14-7-9-8-17(16-15-9)12-3-2-10(18(19)20)6-11(12)13/h2-3,6,8,14H,4-5,7H2,1H3. The third kappa shape index (κ3) is 3.80. The molecule has 8 nitrogen and oxygen atoms in total. The first-order valence-corrected chi connectivity index (χ1v) is 6.17. The zero-order chi connectivity index (χ0) is 15.2. The number of nitrogens with zero attached hydrogens (tertiary/aromatic N) is 4. The van der Waals surface area contributed by atoms with Crippen LogP contribution < -0.4 is 5.32 Å². The van der Waals surface area contributed by atoms with E-state index in [-0.39, 0.29) is 11.4 Å². The zero-order valence-corrected chi connectivity index (χ0v) is 11.3. The first-order valence-electron chi connectivity index (χ1n) is 6.17. The van der Waals surface area contributed by atoms with Gasteiger partial charge in [-0.05, 0) is 6.07 Å². The first kappa shape index (κ1) is 15.0. The van der Waals surface area contributed by atoms with Gasteiger partial charge in [-0.1, -0.05) is 5.21 Å². The summed E-state index contributed by atoms with van der Waals surface area (Å²) in [6, 6.07) is 3.37. The molecule has 1 aromatic heterocycles. The second-order valence-electron chi connectivity index (χ2n) is 4.22. The van der Waals surface area contributed by atoms with Crippen molar-refractivity contribution in [2.45, 2.75) is 6.54 Å². The Labute approximate surface area is 119 Å². The molecule has 1 heterocycles. The minimum absolute atomic E-state index is 0.108. The Hall–Kier alpha value is -2.39. The number of benzene rings is 1. The summed E-state index contributed by atoms with van der Waals surface area (Å²) >= 11 is 0. The highest BCUT2D eigenvalue weighted by Gasteiger charge is 2.13. The van der Waals surface area contributed by atoms with Crippen molar-refractivity contribution in [2.75, 3.05) is 20.3 Å². The topological polar surface area (TPSA) is 95.1 Å². The van der Waals surface area contributed by atoms with Gasteiger partial charge >= 0.3 is 0 Å². The molecule has 0 saturated heterocycles. The molecule has 0 aliphatic rings. The molecular formula is C12H14FN5O3. The van der Waals surface area contributed by atoms with Crippen LogP contribution in [0.15, 0.2) is 24.4 Å². The van der Waals surface area contributed by atoms with Crippen LogP contribution in [0.5, 0.6) is 0 Å². The fourth-order valence-corrected chi connectivity index (χ4v) is 1.68. The Morgan fingerprint density at radius 3 is 3.00 bits per heavy atom. The summed E-state index contributed by atoms with van der Waals surface area (Å²) in [6.07, 6.45) is 1.56. The maximum Gasteiger partial charge on any atom is 0.272 e. The summed E-state index contributed by atoms with van der Waals surface area (Å²) in [5, 5.41) is 21.3. The van der Waals surface area contributed by atoms with Gasteiger partial charge in [-0.3, -0.25) is 10.1 Å². The summed E-state index contributed by atoms with van der Waals surface area (Å²) in [5.41, 5.74) is 0.429. The summed E-state index contributed by atoms with van der Waals surface area (Å²) in [7, 11) is 1.61. The van der Waals surface area contributed by atoms with E-state index in [0.29, 0.717) is 25.4 Å². The highest BCUT2D eigenvalue weighted by atomic mass is 19.1. The van der Waals surface area contributed by atoms with Crippen molar-refractivity contribution in [3.8, 4) is 5.69 Å². The largest absolute Gasteiger partial charge is 0.383 e. The predicted molar refractivity (Wildman–Crippen MR) is 71.6 cm³/mol. The molecule has 0 fully saturated rings. The molecule has 21 heavy (non-hydrogen) atoms. The molecular weight excluding hydrogens is 281 g/mol. The van der Waals surface area contributed by atoms with Gasteiger partial charge in [0.25, 0.3) is 5.69 Å². The third-order valence-corrected chi connectivity index (χ3v) is 2.72. The van der Waals surface area contributed by atoms with Crippen LogP contribution in [-0.4, -0.2) is 40.2 Å². The number of nitrogens with one attached hydrogen (secondary N) is 1.